The first-order chi connectivity index (χ1) is 11.6. The van der Waals surface area contributed by atoms with Gasteiger partial charge in [-0.1, -0.05) is 6.07 Å². The number of amides is 1. The second kappa shape index (κ2) is 7.13. The summed E-state index contributed by atoms with van der Waals surface area (Å²) in [5, 5.41) is 0. The van der Waals surface area contributed by atoms with E-state index in [0.29, 0.717) is 13.0 Å². The molecular weight excluding hydrogens is 304 g/mol. The van der Waals surface area contributed by atoms with Gasteiger partial charge in [-0.05, 0) is 31.9 Å². The Morgan fingerprint density at radius 3 is 2.96 bits per heavy atom. The van der Waals surface area contributed by atoms with Crippen molar-refractivity contribution < 1.29 is 9.53 Å². The summed E-state index contributed by atoms with van der Waals surface area (Å²) in [6.07, 6.45) is 4.24. The number of hydrogen-bond acceptors (Lipinski definition) is 4. The zero-order chi connectivity index (χ0) is 17.1. The predicted octanol–water partition coefficient (Wildman–Crippen LogP) is 2.49. The first-order valence-electron chi connectivity index (χ1n) is 8.36. The van der Waals surface area contributed by atoms with Crippen molar-refractivity contribution in [1.82, 2.24) is 19.4 Å². The number of hydrogen-bond donors (Lipinski definition) is 0. The Kier molecular flexibility index (Phi) is 4.94. The molecular formula is C18H24N4O2. The number of likely N-dealkylation sites (tertiary alicyclic amines) is 1. The van der Waals surface area contributed by atoms with Crippen LogP contribution in [0.3, 0.4) is 0 Å². The second-order valence-electron chi connectivity index (χ2n) is 6.19. The highest BCUT2D eigenvalue weighted by Gasteiger charge is 2.30. The monoisotopic (exact) mass is 328 g/mol. The molecule has 1 saturated heterocycles. The van der Waals surface area contributed by atoms with E-state index >= 15 is 0 Å². The summed E-state index contributed by atoms with van der Waals surface area (Å²) in [4.78, 5) is 23.5. The fourth-order valence-corrected chi connectivity index (χ4v) is 3.23. The Labute approximate surface area is 142 Å². The van der Waals surface area contributed by atoms with E-state index in [1.54, 1.807) is 7.11 Å². The minimum atomic E-state index is 0.0589. The van der Waals surface area contributed by atoms with Crippen LogP contribution in [0.15, 0.2) is 24.4 Å². The fraction of sp³-hybridized carbons (Fsp3) is 0.500. The number of methoxy groups -OCH3 is 1. The topological polar surface area (TPSA) is 60.2 Å². The molecule has 1 amide bonds. The highest BCUT2D eigenvalue weighted by Crippen LogP contribution is 2.32. The van der Waals surface area contributed by atoms with Crippen molar-refractivity contribution in [3.8, 4) is 11.4 Å². The van der Waals surface area contributed by atoms with Crippen molar-refractivity contribution in [3.05, 3.63) is 35.9 Å². The molecule has 2 aromatic heterocycles. The van der Waals surface area contributed by atoms with Crippen molar-refractivity contribution in [2.45, 2.75) is 32.2 Å². The summed E-state index contributed by atoms with van der Waals surface area (Å²) >= 11 is 0. The molecule has 2 aromatic rings. The van der Waals surface area contributed by atoms with Crippen LogP contribution in [0.4, 0.5) is 0 Å². The molecule has 1 atom stereocenters. The molecule has 0 N–H and O–H groups in total. The lowest BCUT2D eigenvalue weighted by Gasteiger charge is -2.24. The van der Waals surface area contributed by atoms with Gasteiger partial charge in [0.15, 0.2) is 0 Å². The summed E-state index contributed by atoms with van der Waals surface area (Å²) in [6, 6.07) is 6.07. The van der Waals surface area contributed by atoms with Crippen molar-refractivity contribution in [3.63, 3.8) is 0 Å². The summed E-state index contributed by atoms with van der Waals surface area (Å²) in [5.74, 6) is 1.09. The Hall–Kier alpha value is -2.21. The van der Waals surface area contributed by atoms with Gasteiger partial charge in [0.25, 0.3) is 0 Å². The standard InChI is InChI=1S/C18H24N4O2/c1-13-19-12-17(21(13)2)15-7-4-6-14(20-15)16-8-5-10-22(16)18(23)9-11-24-3/h4,6-7,12,16H,5,8-11H2,1-3H3. The number of carbonyl (C=O) groups excluding carboxylic acids is 1. The number of aromatic nitrogens is 3. The molecule has 6 nitrogen and oxygen atoms in total. The lowest BCUT2D eigenvalue weighted by Crippen LogP contribution is -2.31. The molecule has 1 aliphatic rings. The van der Waals surface area contributed by atoms with Crippen LogP contribution in [0.25, 0.3) is 11.4 Å². The van der Waals surface area contributed by atoms with Gasteiger partial charge in [-0.25, -0.2) is 9.97 Å². The molecule has 0 aromatic carbocycles. The van der Waals surface area contributed by atoms with E-state index < -0.39 is 0 Å². The number of imidazole rings is 1. The molecule has 1 aliphatic heterocycles. The van der Waals surface area contributed by atoms with Crippen molar-refractivity contribution >= 4 is 5.91 Å². The summed E-state index contributed by atoms with van der Waals surface area (Å²) in [7, 11) is 3.61. The van der Waals surface area contributed by atoms with E-state index in [0.717, 1.165) is 42.3 Å². The third-order valence-electron chi connectivity index (χ3n) is 4.69. The van der Waals surface area contributed by atoms with Crippen LogP contribution < -0.4 is 0 Å². The van der Waals surface area contributed by atoms with E-state index in [9.17, 15) is 4.79 Å². The van der Waals surface area contributed by atoms with Gasteiger partial charge >= 0.3 is 0 Å². The largest absolute Gasteiger partial charge is 0.384 e. The highest BCUT2D eigenvalue weighted by molar-refractivity contribution is 5.77. The molecule has 1 unspecified atom stereocenters. The maximum atomic E-state index is 12.4. The minimum Gasteiger partial charge on any atom is -0.384 e. The van der Waals surface area contributed by atoms with Gasteiger partial charge in [-0.15, -0.1) is 0 Å². The van der Waals surface area contributed by atoms with Crippen LogP contribution in [0.2, 0.25) is 0 Å². The molecule has 3 heterocycles. The molecule has 1 fully saturated rings. The lowest BCUT2D eigenvalue weighted by molar-refractivity contribution is -0.133. The number of nitrogens with zero attached hydrogens (tertiary/aromatic N) is 4. The van der Waals surface area contributed by atoms with E-state index in [1.807, 2.05) is 47.8 Å². The molecule has 0 bridgehead atoms. The van der Waals surface area contributed by atoms with Gasteiger partial charge in [0.1, 0.15) is 5.82 Å². The zero-order valence-corrected chi connectivity index (χ0v) is 14.5. The van der Waals surface area contributed by atoms with Gasteiger partial charge in [0.05, 0.1) is 42.3 Å². The van der Waals surface area contributed by atoms with Crippen LogP contribution in [0, 0.1) is 6.92 Å². The SMILES string of the molecule is COCCC(=O)N1CCCC1c1cccc(-c2cnc(C)n2C)n1. The van der Waals surface area contributed by atoms with Crippen LogP contribution in [-0.4, -0.2) is 45.6 Å². The summed E-state index contributed by atoms with van der Waals surface area (Å²) in [5.41, 5.74) is 2.84. The number of aryl methyl sites for hydroxylation is 1. The first kappa shape index (κ1) is 16.6. The molecule has 3 rings (SSSR count). The summed E-state index contributed by atoms with van der Waals surface area (Å²) in [6.45, 7) is 3.23. The van der Waals surface area contributed by atoms with E-state index in [1.165, 1.54) is 0 Å². The zero-order valence-electron chi connectivity index (χ0n) is 14.5. The van der Waals surface area contributed by atoms with Crippen LogP contribution in [0.5, 0.6) is 0 Å². The first-order valence-corrected chi connectivity index (χ1v) is 8.36. The maximum absolute atomic E-state index is 12.4. The molecule has 0 aliphatic carbocycles. The van der Waals surface area contributed by atoms with Gasteiger partial charge in [-0.2, -0.15) is 0 Å². The summed E-state index contributed by atoms with van der Waals surface area (Å²) < 4.78 is 7.06. The third kappa shape index (κ3) is 3.19. The molecule has 128 valence electrons. The Morgan fingerprint density at radius 2 is 2.25 bits per heavy atom. The lowest BCUT2D eigenvalue weighted by atomic mass is 10.1. The Morgan fingerprint density at radius 1 is 1.42 bits per heavy atom. The van der Waals surface area contributed by atoms with E-state index in [-0.39, 0.29) is 11.9 Å². The third-order valence-corrected chi connectivity index (χ3v) is 4.69. The Bertz CT molecular complexity index is 726. The number of pyridine rings is 1. The molecule has 0 saturated carbocycles. The van der Waals surface area contributed by atoms with E-state index in [4.69, 9.17) is 9.72 Å². The van der Waals surface area contributed by atoms with Gasteiger partial charge in [-0.3, -0.25) is 4.79 Å². The van der Waals surface area contributed by atoms with Crippen LogP contribution in [0.1, 0.15) is 36.8 Å². The van der Waals surface area contributed by atoms with Gasteiger partial charge in [0, 0.05) is 20.7 Å². The number of carbonyl (C=O) groups is 1. The van der Waals surface area contributed by atoms with Crippen molar-refractivity contribution in [2.75, 3.05) is 20.3 Å². The molecule has 6 heteroatoms. The molecule has 0 radical (unpaired) electrons. The molecule has 0 spiro atoms. The second-order valence-corrected chi connectivity index (χ2v) is 6.19. The number of ether oxygens (including phenoxy) is 1. The van der Waals surface area contributed by atoms with E-state index in [2.05, 4.69) is 4.98 Å². The number of rotatable bonds is 5. The average Bonchev–Trinajstić information content (AvgIpc) is 3.21. The fourth-order valence-electron chi connectivity index (χ4n) is 3.23. The van der Waals surface area contributed by atoms with Gasteiger partial charge < -0.3 is 14.2 Å². The van der Waals surface area contributed by atoms with Gasteiger partial charge in [0.2, 0.25) is 5.91 Å². The van der Waals surface area contributed by atoms with Crippen molar-refractivity contribution in [1.29, 1.82) is 0 Å². The smallest absolute Gasteiger partial charge is 0.225 e. The average molecular weight is 328 g/mol. The maximum Gasteiger partial charge on any atom is 0.225 e. The normalized spacial score (nSPS) is 17.5. The minimum absolute atomic E-state index is 0.0589. The highest BCUT2D eigenvalue weighted by atomic mass is 16.5. The Balaban J connectivity index is 1.85. The van der Waals surface area contributed by atoms with Crippen LogP contribution in [-0.2, 0) is 16.6 Å². The van der Waals surface area contributed by atoms with Crippen LogP contribution >= 0.6 is 0 Å². The quantitative estimate of drug-likeness (QED) is 0.846. The van der Waals surface area contributed by atoms with Crippen molar-refractivity contribution in [2.24, 2.45) is 7.05 Å². The molecule has 24 heavy (non-hydrogen) atoms. The predicted molar refractivity (Wildman–Crippen MR) is 91.4 cm³/mol.